The summed E-state index contributed by atoms with van der Waals surface area (Å²) < 4.78 is 0. The predicted octanol–water partition coefficient (Wildman–Crippen LogP) is 2.46. The third-order valence-electron chi connectivity index (χ3n) is 5.18. The fourth-order valence-corrected chi connectivity index (χ4v) is 3.54. The van der Waals surface area contributed by atoms with Gasteiger partial charge >= 0.3 is 0 Å². The zero-order valence-electron chi connectivity index (χ0n) is 16.3. The van der Waals surface area contributed by atoms with E-state index in [4.69, 9.17) is 0 Å². The van der Waals surface area contributed by atoms with Gasteiger partial charge in [0, 0.05) is 22.7 Å². The molecule has 0 bridgehead atoms. The van der Waals surface area contributed by atoms with Gasteiger partial charge in [0.2, 0.25) is 5.91 Å². The highest BCUT2D eigenvalue weighted by molar-refractivity contribution is 6.10. The Morgan fingerprint density at radius 1 is 0.897 bits per heavy atom. The summed E-state index contributed by atoms with van der Waals surface area (Å²) in [7, 11) is 0. The van der Waals surface area contributed by atoms with Gasteiger partial charge in [-0.3, -0.25) is 14.4 Å². The number of rotatable bonds is 7. The number of carbonyl (C=O) groups is 3. The van der Waals surface area contributed by atoms with Crippen molar-refractivity contribution >= 4 is 17.6 Å². The van der Waals surface area contributed by atoms with E-state index >= 15 is 0 Å². The molecule has 6 heteroatoms. The highest BCUT2D eigenvalue weighted by atomic mass is 16.3. The molecule has 1 atom stereocenters. The number of amides is 2. The smallest absolute Gasteiger partial charge is 0.252 e. The van der Waals surface area contributed by atoms with Crippen molar-refractivity contribution in [3.63, 3.8) is 0 Å². The fraction of sp³-hybridized carbons (Fsp3) is 0.348. The molecule has 3 rings (SSSR count). The van der Waals surface area contributed by atoms with Crippen molar-refractivity contribution in [2.45, 2.75) is 44.2 Å². The highest BCUT2D eigenvalue weighted by Crippen LogP contribution is 2.17. The van der Waals surface area contributed by atoms with Crippen LogP contribution in [0.4, 0.5) is 0 Å². The average molecular weight is 394 g/mol. The van der Waals surface area contributed by atoms with Gasteiger partial charge in [-0.05, 0) is 25.0 Å². The summed E-state index contributed by atoms with van der Waals surface area (Å²) >= 11 is 0. The molecular formula is C23H26N2O4. The van der Waals surface area contributed by atoms with Crippen LogP contribution in [0.5, 0.6) is 0 Å². The van der Waals surface area contributed by atoms with Crippen molar-refractivity contribution in [1.82, 2.24) is 10.6 Å². The molecule has 0 radical (unpaired) electrons. The number of hydrogen-bond acceptors (Lipinski definition) is 4. The maximum absolute atomic E-state index is 12.6. The number of aliphatic hydroxyl groups excluding tert-OH is 1. The maximum Gasteiger partial charge on any atom is 0.252 e. The Kier molecular flexibility index (Phi) is 7.14. The fourth-order valence-electron chi connectivity index (χ4n) is 3.54. The third-order valence-corrected chi connectivity index (χ3v) is 5.18. The lowest BCUT2D eigenvalue weighted by molar-refractivity contribution is -0.124. The summed E-state index contributed by atoms with van der Waals surface area (Å²) in [5, 5.41) is 15.1. The van der Waals surface area contributed by atoms with E-state index in [0.717, 1.165) is 25.7 Å². The van der Waals surface area contributed by atoms with Crippen LogP contribution in [0.15, 0.2) is 54.6 Å². The number of benzene rings is 2. The molecule has 0 unspecified atom stereocenters. The Morgan fingerprint density at radius 2 is 1.55 bits per heavy atom. The van der Waals surface area contributed by atoms with Crippen LogP contribution >= 0.6 is 0 Å². The van der Waals surface area contributed by atoms with Gasteiger partial charge in [0.15, 0.2) is 5.78 Å². The minimum absolute atomic E-state index is 0.0917. The Balaban J connectivity index is 1.66. The first-order valence-corrected chi connectivity index (χ1v) is 10.0. The van der Waals surface area contributed by atoms with Crippen molar-refractivity contribution in [2.24, 2.45) is 0 Å². The molecule has 6 nitrogen and oxygen atoms in total. The number of hydrogen-bond donors (Lipinski definition) is 3. The first kappa shape index (κ1) is 20.7. The Hall–Kier alpha value is -2.99. The second-order valence-corrected chi connectivity index (χ2v) is 7.33. The third kappa shape index (κ3) is 5.51. The number of carbonyl (C=O) groups excluding carboxylic acids is 3. The van der Waals surface area contributed by atoms with E-state index in [9.17, 15) is 19.5 Å². The monoisotopic (exact) mass is 394 g/mol. The Labute approximate surface area is 170 Å². The molecule has 0 saturated heterocycles. The molecule has 0 spiro atoms. The van der Waals surface area contributed by atoms with Crippen molar-refractivity contribution in [3.8, 4) is 0 Å². The van der Waals surface area contributed by atoms with Gasteiger partial charge in [0.25, 0.3) is 5.91 Å². The van der Waals surface area contributed by atoms with Crippen LogP contribution in [0.3, 0.4) is 0 Å². The number of ketones is 1. The highest BCUT2D eigenvalue weighted by Gasteiger charge is 2.24. The van der Waals surface area contributed by atoms with Crippen LogP contribution in [0.1, 0.15) is 58.4 Å². The lowest BCUT2D eigenvalue weighted by Crippen LogP contribution is -2.51. The van der Waals surface area contributed by atoms with E-state index in [2.05, 4.69) is 10.6 Å². The van der Waals surface area contributed by atoms with E-state index in [-0.39, 0.29) is 23.3 Å². The molecule has 2 aromatic rings. The van der Waals surface area contributed by atoms with E-state index in [1.807, 2.05) is 6.07 Å². The average Bonchev–Trinajstić information content (AvgIpc) is 2.78. The predicted molar refractivity (Wildman–Crippen MR) is 110 cm³/mol. The van der Waals surface area contributed by atoms with Crippen LogP contribution < -0.4 is 10.6 Å². The molecule has 2 amide bonds. The van der Waals surface area contributed by atoms with E-state index in [1.165, 1.54) is 12.5 Å². The summed E-state index contributed by atoms with van der Waals surface area (Å²) in [4.78, 5) is 37.6. The van der Waals surface area contributed by atoms with Gasteiger partial charge < -0.3 is 15.7 Å². The Bertz CT molecular complexity index is 860. The maximum atomic E-state index is 12.6. The molecule has 2 aromatic carbocycles. The van der Waals surface area contributed by atoms with E-state index < -0.39 is 18.6 Å². The Morgan fingerprint density at radius 3 is 2.24 bits per heavy atom. The first-order chi connectivity index (χ1) is 14.1. The second kappa shape index (κ2) is 9.98. The topological polar surface area (TPSA) is 95.5 Å². The standard InChI is InChI=1S/C23H26N2O4/c26-15-20(23(29)24-19-12-5-2-6-13-19)25-22(28)18-11-7-10-17(14-18)21(27)16-8-3-1-4-9-16/h1,3-4,7-11,14,19-20,26H,2,5-6,12-13,15H2,(H,24,29)(H,25,28)/t20-/m0/s1. The van der Waals surface area contributed by atoms with Crippen LogP contribution in [-0.2, 0) is 4.79 Å². The molecule has 1 fully saturated rings. The summed E-state index contributed by atoms with van der Waals surface area (Å²) in [5.74, 6) is -1.08. The molecule has 1 aliphatic carbocycles. The SMILES string of the molecule is O=C(N[C@@H](CO)C(=O)NC1CCCCC1)c1cccc(C(=O)c2ccccc2)c1. The minimum Gasteiger partial charge on any atom is -0.394 e. The molecule has 0 heterocycles. The van der Waals surface area contributed by atoms with Gasteiger partial charge in [-0.15, -0.1) is 0 Å². The van der Waals surface area contributed by atoms with Gasteiger partial charge in [-0.2, -0.15) is 0 Å². The first-order valence-electron chi connectivity index (χ1n) is 10.0. The molecule has 29 heavy (non-hydrogen) atoms. The lowest BCUT2D eigenvalue weighted by Gasteiger charge is -2.25. The summed E-state index contributed by atoms with van der Waals surface area (Å²) in [6, 6.07) is 14.2. The van der Waals surface area contributed by atoms with Crippen molar-refractivity contribution in [1.29, 1.82) is 0 Å². The summed E-state index contributed by atoms with van der Waals surface area (Å²) in [6.45, 7) is -0.493. The van der Waals surface area contributed by atoms with Crippen molar-refractivity contribution in [2.75, 3.05) is 6.61 Å². The molecule has 0 aliphatic heterocycles. The summed E-state index contributed by atoms with van der Waals surface area (Å²) in [5.41, 5.74) is 1.18. The molecule has 1 saturated carbocycles. The van der Waals surface area contributed by atoms with E-state index in [0.29, 0.717) is 11.1 Å². The quantitative estimate of drug-likeness (QED) is 0.629. The summed E-state index contributed by atoms with van der Waals surface area (Å²) in [6.07, 6.45) is 5.15. The molecule has 1 aliphatic rings. The lowest BCUT2D eigenvalue weighted by atomic mass is 9.95. The second-order valence-electron chi connectivity index (χ2n) is 7.33. The zero-order chi connectivity index (χ0) is 20.6. The van der Waals surface area contributed by atoms with Crippen molar-refractivity contribution in [3.05, 3.63) is 71.3 Å². The largest absolute Gasteiger partial charge is 0.394 e. The molecule has 0 aromatic heterocycles. The van der Waals surface area contributed by atoms with Gasteiger partial charge in [0.1, 0.15) is 6.04 Å². The van der Waals surface area contributed by atoms with Gasteiger partial charge in [0.05, 0.1) is 6.61 Å². The van der Waals surface area contributed by atoms with Gasteiger partial charge in [-0.25, -0.2) is 0 Å². The van der Waals surface area contributed by atoms with Crippen LogP contribution in [0.2, 0.25) is 0 Å². The van der Waals surface area contributed by atoms with Crippen molar-refractivity contribution < 1.29 is 19.5 Å². The number of aliphatic hydroxyl groups is 1. The van der Waals surface area contributed by atoms with Gasteiger partial charge in [-0.1, -0.05) is 61.7 Å². The van der Waals surface area contributed by atoms with E-state index in [1.54, 1.807) is 42.5 Å². The molecular weight excluding hydrogens is 368 g/mol. The molecule has 3 N–H and O–H groups in total. The zero-order valence-corrected chi connectivity index (χ0v) is 16.3. The van der Waals surface area contributed by atoms with Crippen LogP contribution in [0, 0.1) is 0 Å². The normalized spacial score (nSPS) is 15.3. The van der Waals surface area contributed by atoms with Crippen LogP contribution in [-0.4, -0.2) is 41.4 Å². The van der Waals surface area contributed by atoms with Crippen LogP contribution in [0.25, 0.3) is 0 Å². The molecule has 152 valence electrons. The minimum atomic E-state index is -1.03. The number of nitrogens with one attached hydrogen (secondary N) is 2.